The molecule has 1 aliphatic carbocycles. The van der Waals surface area contributed by atoms with E-state index in [4.69, 9.17) is 0 Å². The molecule has 0 fully saturated rings. The molecule has 134 valence electrons. The van der Waals surface area contributed by atoms with E-state index >= 15 is 0 Å². The van der Waals surface area contributed by atoms with E-state index in [1.54, 1.807) is 25.1 Å². The fraction of sp³-hybridized carbons (Fsp3) is 0.412. The first-order chi connectivity index (χ1) is 11.7. The van der Waals surface area contributed by atoms with Gasteiger partial charge in [0.1, 0.15) is 5.78 Å². The zero-order chi connectivity index (χ0) is 18.8. The third kappa shape index (κ3) is 3.62. The average Bonchev–Trinajstić information content (AvgIpc) is 2.89. The summed E-state index contributed by atoms with van der Waals surface area (Å²) in [5.41, 5.74) is 1.16. The van der Waals surface area contributed by atoms with Crippen LogP contribution in [0.25, 0.3) is 0 Å². The summed E-state index contributed by atoms with van der Waals surface area (Å²) in [5.74, 6) is -1.01. The van der Waals surface area contributed by atoms with Crippen molar-refractivity contribution in [3.63, 3.8) is 0 Å². The summed E-state index contributed by atoms with van der Waals surface area (Å²) < 4.78 is 0. The van der Waals surface area contributed by atoms with E-state index in [-0.39, 0.29) is 6.03 Å². The lowest BCUT2D eigenvalue weighted by Crippen LogP contribution is -2.48. The van der Waals surface area contributed by atoms with Crippen LogP contribution in [0.3, 0.4) is 0 Å². The molecule has 0 aromatic heterocycles. The molecule has 0 heterocycles. The number of nitrogens with one attached hydrogen (secondary N) is 2. The van der Waals surface area contributed by atoms with Crippen molar-refractivity contribution in [2.45, 2.75) is 32.1 Å². The number of aryl methyl sites for hydroxylation is 1. The van der Waals surface area contributed by atoms with Crippen molar-refractivity contribution in [2.75, 3.05) is 18.9 Å². The molecule has 8 heteroatoms. The van der Waals surface area contributed by atoms with Crippen molar-refractivity contribution in [1.29, 1.82) is 0 Å². The number of imide groups is 1. The van der Waals surface area contributed by atoms with Gasteiger partial charge in [0.2, 0.25) is 5.91 Å². The maximum Gasteiger partial charge on any atom is 0.414 e. The number of carboxylic acid groups (broad SMARTS) is 1. The Morgan fingerprint density at radius 3 is 2.52 bits per heavy atom. The Morgan fingerprint density at radius 1 is 1.28 bits per heavy atom. The molecule has 1 aliphatic rings. The van der Waals surface area contributed by atoms with Crippen LogP contribution in [0.5, 0.6) is 0 Å². The summed E-state index contributed by atoms with van der Waals surface area (Å²) >= 11 is 0. The van der Waals surface area contributed by atoms with Crippen LogP contribution < -0.4 is 10.6 Å². The van der Waals surface area contributed by atoms with Crippen molar-refractivity contribution in [2.24, 2.45) is 0 Å². The van der Waals surface area contributed by atoms with Gasteiger partial charge < -0.3 is 15.7 Å². The second-order valence-corrected chi connectivity index (χ2v) is 6.28. The molecule has 1 aromatic rings. The van der Waals surface area contributed by atoms with Gasteiger partial charge in [0.05, 0.1) is 12.0 Å². The van der Waals surface area contributed by atoms with Crippen LogP contribution >= 0.6 is 0 Å². The number of anilines is 1. The van der Waals surface area contributed by atoms with Gasteiger partial charge in [-0.3, -0.25) is 9.59 Å². The highest BCUT2D eigenvalue weighted by atomic mass is 16.4. The summed E-state index contributed by atoms with van der Waals surface area (Å²) in [5, 5.41) is 14.4. The van der Waals surface area contributed by atoms with E-state index < -0.39 is 29.7 Å². The van der Waals surface area contributed by atoms with E-state index in [2.05, 4.69) is 10.6 Å². The lowest BCUT2D eigenvalue weighted by atomic mass is 9.82. The summed E-state index contributed by atoms with van der Waals surface area (Å²) in [4.78, 5) is 47.5. The number of fused-ring (bicyclic) bond motifs is 1. The normalized spacial score (nSPS) is 18.2. The number of hydrogen-bond donors (Lipinski definition) is 3. The van der Waals surface area contributed by atoms with Crippen LogP contribution in [0.2, 0.25) is 0 Å². The van der Waals surface area contributed by atoms with Gasteiger partial charge in [0.15, 0.2) is 0 Å². The van der Waals surface area contributed by atoms with Crippen LogP contribution in [0.15, 0.2) is 18.2 Å². The fourth-order valence-electron chi connectivity index (χ4n) is 3.10. The first-order valence-electron chi connectivity index (χ1n) is 7.85. The predicted molar refractivity (Wildman–Crippen MR) is 90.6 cm³/mol. The van der Waals surface area contributed by atoms with Crippen molar-refractivity contribution in [3.05, 3.63) is 29.3 Å². The molecule has 0 saturated carbocycles. The number of benzene rings is 1. The van der Waals surface area contributed by atoms with Crippen LogP contribution in [-0.2, 0) is 21.4 Å². The van der Waals surface area contributed by atoms with E-state index in [0.29, 0.717) is 23.4 Å². The molecule has 0 bridgehead atoms. The number of ketones is 1. The topological polar surface area (TPSA) is 116 Å². The number of carbonyl (C=O) groups excluding carboxylic acids is 3. The molecule has 0 aliphatic heterocycles. The fourth-order valence-corrected chi connectivity index (χ4v) is 3.10. The third-order valence-corrected chi connectivity index (χ3v) is 4.41. The maximum absolute atomic E-state index is 12.8. The minimum absolute atomic E-state index is 0.352. The quantitative estimate of drug-likeness (QED) is 0.767. The summed E-state index contributed by atoms with van der Waals surface area (Å²) in [6, 6.07) is 4.81. The molecule has 0 saturated heterocycles. The molecule has 1 atom stereocenters. The standard InChI is InChI=1S/C17H21N3O5/c1-10(21)9-20(16(24)25)14(22)17(2)7-6-11-8-12(4-5-13(11)17)19-15(23)18-3/h4-5,8H,6-7,9H2,1-3H3,(H,24,25)(H2,18,19,23)/t17-/m0/s1. The Balaban J connectivity index is 2.33. The number of nitrogens with zero attached hydrogens (tertiary/aromatic N) is 1. The number of hydrogen-bond acceptors (Lipinski definition) is 4. The minimum Gasteiger partial charge on any atom is -0.465 e. The average molecular weight is 347 g/mol. The lowest BCUT2D eigenvalue weighted by molar-refractivity contribution is -0.137. The molecule has 25 heavy (non-hydrogen) atoms. The first-order valence-corrected chi connectivity index (χ1v) is 7.85. The van der Waals surface area contributed by atoms with E-state index in [1.807, 2.05) is 0 Å². The zero-order valence-corrected chi connectivity index (χ0v) is 14.4. The predicted octanol–water partition coefficient (Wildman–Crippen LogP) is 1.74. The monoisotopic (exact) mass is 347 g/mol. The number of Topliss-reactive ketones (excluding diaryl/α,β-unsaturated/α-hetero) is 1. The summed E-state index contributed by atoms with van der Waals surface area (Å²) in [7, 11) is 1.51. The van der Waals surface area contributed by atoms with E-state index in [0.717, 1.165) is 11.1 Å². The number of carbonyl (C=O) groups is 4. The molecular weight excluding hydrogens is 326 g/mol. The van der Waals surface area contributed by atoms with Crippen LogP contribution in [0, 0.1) is 0 Å². The van der Waals surface area contributed by atoms with Gasteiger partial charge in [-0.1, -0.05) is 6.07 Å². The van der Waals surface area contributed by atoms with Crippen molar-refractivity contribution < 1.29 is 24.3 Å². The van der Waals surface area contributed by atoms with Gasteiger partial charge >= 0.3 is 12.1 Å². The van der Waals surface area contributed by atoms with E-state index in [9.17, 15) is 24.3 Å². The molecule has 2 rings (SSSR count). The van der Waals surface area contributed by atoms with Crippen LogP contribution in [0.1, 0.15) is 31.4 Å². The Bertz CT molecular complexity index is 746. The Labute approximate surface area is 145 Å². The van der Waals surface area contributed by atoms with Gasteiger partial charge in [-0.25, -0.2) is 14.5 Å². The first kappa shape index (κ1) is 18.4. The second-order valence-electron chi connectivity index (χ2n) is 6.28. The SMILES string of the molecule is CNC(=O)Nc1ccc2c(c1)CC[C@]2(C)C(=O)N(CC(C)=O)C(=O)O. The van der Waals surface area contributed by atoms with Gasteiger partial charge in [-0.15, -0.1) is 0 Å². The number of rotatable bonds is 4. The van der Waals surface area contributed by atoms with Gasteiger partial charge in [-0.2, -0.15) is 0 Å². The molecular formula is C17H21N3O5. The van der Waals surface area contributed by atoms with Crippen molar-refractivity contribution in [1.82, 2.24) is 10.2 Å². The summed E-state index contributed by atoms with van der Waals surface area (Å²) in [6.45, 7) is 2.46. The lowest BCUT2D eigenvalue weighted by Gasteiger charge is -2.29. The highest BCUT2D eigenvalue weighted by Crippen LogP contribution is 2.41. The molecule has 1 aromatic carbocycles. The highest BCUT2D eigenvalue weighted by Gasteiger charge is 2.45. The largest absolute Gasteiger partial charge is 0.465 e. The second kappa shape index (κ2) is 6.92. The van der Waals surface area contributed by atoms with Crippen molar-refractivity contribution >= 4 is 29.5 Å². The van der Waals surface area contributed by atoms with Gasteiger partial charge in [0, 0.05) is 12.7 Å². The smallest absolute Gasteiger partial charge is 0.414 e. The van der Waals surface area contributed by atoms with Gasteiger partial charge in [0.25, 0.3) is 0 Å². The zero-order valence-electron chi connectivity index (χ0n) is 14.4. The molecule has 4 amide bonds. The van der Waals surface area contributed by atoms with Crippen molar-refractivity contribution in [3.8, 4) is 0 Å². The Kier molecular flexibility index (Phi) is 5.10. The Morgan fingerprint density at radius 2 is 1.96 bits per heavy atom. The molecule has 0 radical (unpaired) electrons. The molecule has 0 spiro atoms. The van der Waals surface area contributed by atoms with Crippen LogP contribution in [-0.4, -0.2) is 47.4 Å². The Hall–Kier alpha value is -2.90. The van der Waals surface area contributed by atoms with Gasteiger partial charge in [-0.05, 0) is 49.9 Å². The molecule has 3 N–H and O–H groups in total. The number of urea groups is 1. The highest BCUT2D eigenvalue weighted by molar-refractivity contribution is 6.01. The maximum atomic E-state index is 12.8. The number of amides is 4. The van der Waals surface area contributed by atoms with E-state index in [1.165, 1.54) is 14.0 Å². The van der Waals surface area contributed by atoms with Crippen LogP contribution in [0.4, 0.5) is 15.3 Å². The minimum atomic E-state index is -1.44. The molecule has 8 nitrogen and oxygen atoms in total. The third-order valence-electron chi connectivity index (χ3n) is 4.41. The molecule has 0 unspecified atom stereocenters. The summed E-state index contributed by atoms with van der Waals surface area (Å²) in [6.07, 6.45) is -0.423.